The fourth-order valence-electron chi connectivity index (χ4n) is 2.11. The first kappa shape index (κ1) is 15.3. The summed E-state index contributed by atoms with van der Waals surface area (Å²) in [6.07, 6.45) is 5.97. The lowest BCUT2D eigenvalue weighted by Crippen LogP contribution is -2.45. The Morgan fingerprint density at radius 1 is 1.28 bits per heavy atom. The van der Waals surface area contributed by atoms with E-state index in [0.29, 0.717) is 6.04 Å². The van der Waals surface area contributed by atoms with Crippen LogP contribution in [0.5, 0.6) is 0 Å². The predicted molar refractivity (Wildman–Crippen MR) is 77.0 cm³/mol. The molecule has 1 heterocycles. The first-order valence-electron chi connectivity index (χ1n) is 7.27. The molecule has 0 aromatic heterocycles. The van der Waals surface area contributed by atoms with Crippen LogP contribution in [0.15, 0.2) is 4.99 Å². The van der Waals surface area contributed by atoms with Crippen molar-refractivity contribution < 1.29 is 4.74 Å². The summed E-state index contributed by atoms with van der Waals surface area (Å²) < 4.78 is 5.35. The van der Waals surface area contributed by atoms with Crippen LogP contribution < -0.4 is 10.6 Å². The van der Waals surface area contributed by atoms with Crippen LogP contribution in [0, 0.1) is 5.92 Å². The zero-order valence-corrected chi connectivity index (χ0v) is 12.2. The summed E-state index contributed by atoms with van der Waals surface area (Å²) in [4.78, 5) is 4.27. The second kappa shape index (κ2) is 9.20. The largest absolute Gasteiger partial charge is 0.381 e. The van der Waals surface area contributed by atoms with Crippen molar-refractivity contribution in [1.82, 2.24) is 10.6 Å². The summed E-state index contributed by atoms with van der Waals surface area (Å²) >= 11 is 0. The summed E-state index contributed by atoms with van der Waals surface area (Å²) in [7, 11) is 1.84. The van der Waals surface area contributed by atoms with E-state index in [1.807, 2.05) is 7.05 Å². The second-order valence-electron chi connectivity index (χ2n) is 5.42. The first-order valence-corrected chi connectivity index (χ1v) is 7.27. The molecular formula is C14H29N3O. The Morgan fingerprint density at radius 2 is 2.00 bits per heavy atom. The maximum Gasteiger partial charge on any atom is 0.191 e. The second-order valence-corrected chi connectivity index (χ2v) is 5.42. The molecule has 4 heteroatoms. The van der Waals surface area contributed by atoms with Gasteiger partial charge in [-0.2, -0.15) is 0 Å². The molecule has 0 bridgehead atoms. The van der Waals surface area contributed by atoms with E-state index in [1.54, 1.807) is 0 Å². The topological polar surface area (TPSA) is 45.7 Å². The lowest BCUT2D eigenvalue weighted by Gasteiger charge is -2.25. The Kier molecular flexibility index (Phi) is 7.81. The third-order valence-electron chi connectivity index (χ3n) is 3.29. The molecule has 0 spiro atoms. The molecule has 1 fully saturated rings. The number of nitrogens with zero attached hydrogens (tertiary/aromatic N) is 1. The van der Waals surface area contributed by atoms with Crippen molar-refractivity contribution in [2.45, 2.75) is 52.0 Å². The van der Waals surface area contributed by atoms with E-state index in [-0.39, 0.29) is 0 Å². The number of guanidine groups is 1. The number of ether oxygens (including phenoxy) is 1. The highest BCUT2D eigenvalue weighted by atomic mass is 16.5. The van der Waals surface area contributed by atoms with E-state index >= 15 is 0 Å². The van der Waals surface area contributed by atoms with Crippen LogP contribution in [0.1, 0.15) is 46.0 Å². The number of aliphatic imine (C=N–C) groups is 1. The molecule has 0 unspecified atom stereocenters. The molecule has 0 radical (unpaired) electrons. The highest BCUT2D eigenvalue weighted by Crippen LogP contribution is 2.06. The minimum Gasteiger partial charge on any atom is -0.381 e. The van der Waals surface area contributed by atoms with Crippen molar-refractivity contribution in [2.75, 3.05) is 26.8 Å². The van der Waals surface area contributed by atoms with E-state index in [9.17, 15) is 0 Å². The Labute approximate surface area is 112 Å². The van der Waals surface area contributed by atoms with Crippen molar-refractivity contribution in [3.05, 3.63) is 0 Å². The van der Waals surface area contributed by atoms with Gasteiger partial charge < -0.3 is 15.4 Å². The summed E-state index contributed by atoms with van der Waals surface area (Å²) in [5.41, 5.74) is 0. The number of hydrogen-bond acceptors (Lipinski definition) is 2. The maximum atomic E-state index is 5.35. The van der Waals surface area contributed by atoms with Crippen molar-refractivity contribution in [2.24, 2.45) is 10.9 Å². The fraction of sp³-hybridized carbons (Fsp3) is 0.929. The van der Waals surface area contributed by atoms with Gasteiger partial charge >= 0.3 is 0 Å². The molecule has 0 atom stereocenters. The van der Waals surface area contributed by atoms with Gasteiger partial charge in [-0.15, -0.1) is 0 Å². The predicted octanol–water partition coefficient (Wildman–Crippen LogP) is 2.16. The molecule has 0 amide bonds. The quantitative estimate of drug-likeness (QED) is 0.434. The van der Waals surface area contributed by atoms with Crippen LogP contribution in [0.25, 0.3) is 0 Å². The minimum absolute atomic E-state index is 0.514. The van der Waals surface area contributed by atoms with Crippen molar-refractivity contribution in [1.29, 1.82) is 0 Å². The molecule has 1 rings (SSSR count). The third-order valence-corrected chi connectivity index (χ3v) is 3.29. The van der Waals surface area contributed by atoms with Crippen LogP contribution in [0.4, 0.5) is 0 Å². The van der Waals surface area contributed by atoms with Crippen molar-refractivity contribution >= 4 is 5.96 Å². The SMILES string of the molecule is CN=C(NCCCCC(C)C)NC1CCOCC1. The van der Waals surface area contributed by atoms with Gasteiger partial charge in [-0.3, -0.25) is 4.99 Å². The van der Waals surface area contributed by atoms with Gasteiger partial charge in [0.15, 0.2) is 5.96 Å². The minimum atomic E-state index is 0.514. The van der Waals surface area contributed by atoms with Gasteiger partial charge in [0.05, 0.1) is 0 Å². The number of unbranched alkanes of at least 4 members (excludes halogenated alkanes) is 1. The molecule has 2 N–H and O–H groups in total. The average Bonchev–Trinajstić information content (AvgIpc) is 2.38. The summed E-state index contributed by atoms with van der Waals surface area (Å²) in [5.74, 6) is 1.75. The van der Waals surface area contributed by atoms with Crippen molar-refractivity contribution in [3.8, 4) is 0 Å². The Morgan fingerprint density at radius 3 is 2.61 bits per heavy atom. The Hall–Kier alpha value is -0.770. The Bertz CT molecular complexity index is 235. The molecule has 4 nitrogen and oxygen atoms in total. The summed E-state index contributed by atoms with van der Waals surface area (Å²) in [6.45, 7) is 7.29. The van der Waals surface area contributed by atoms with E-state index in [4.69, 9.17) is 4.74 Å². The standard InChI is InChI=1S/C14H29N3O/c1-12(2)6-4-5-9-16-14(15-3)17-13-7-10-18-11-8-13/h12-13H,4-11H2,1-3H3,(H2,15,16,17). The normalized spacial score (nSPS) is 18.1. The molecular weight excluding hydrogens is 226 g/mol. The zero-order chi connectivity index (χ0) is 13.2. The zero-order valence-electron chi connectivity index (χ0n) is 12.2. The first-order chi connectivity index (χ1) is 8.72. The van der Waals surface area contributed by atoms with E-state index in [0.717, 1.165) is 44.5 Å². The molecule has 18 heavy (non-hydrogen) atoms. The lowest BCUT2D eigenvalue weighted by atomic mass is 10.1. The fourth-order valence-corrected chi connectivity index (χ4v) is 2.11. The average molecular weight is 255 g/mol. The van der Waals surface area contributed by atoms with Crippen LogP contribution >= 0.6 is 0 Å². The monoisotopic (exact) mass is 255 g/mol. The summed E-state index contributed by atoms with van der Waals surface area (Å²) in [5, 5.41) is 6.85. The van der Waals surface area contributed by atoms with E-state index in [2.05, 4.69) is 29.5 Å². The van der Waals surface area contributed by atoms with Crippen LogP contribution in [-0.4, -0.2) is 38.8 Å². The van der Waals surface area contributed by atoms with E-state index in [1.165, 1.54) is 19.3 Å². The third kappa shape index (κ3) is 6.84. The highest BCUT2D eigenvalue weighted by molar-refractivity contribution is 5.79. The molecule has 0 aliphatic carbocycles. The molecule has 1 saturated heterocycles. The smallest absolute Gasteiger partial charge is 0.191 e. The van der Waals surface area contributed by atoms with Gasteiger partial charge in [0.1, 0.15) is 0 Å². The van der Waals surface area contributed by atoms with Gasteiger partial charge in [0, 0.05) is 32.8 Å². The van der Waals surface area contributed by atoms with E-state index < -0.39 is 0 Å². The number of rotatable bonds is 6. The molecule has 1 aliphatic rings. The summed E-state index contributed by atoms with van der Waals surface area (Å²) in [6, 6.07) is 0.514. The number of nitrogens with one attached hydrogen (secondary N) is 2. The molecule has 0 aromatic rings. The highest BCUT2D eigenvalue weighted by Gasteiger charge is 2.14. The lowest BCUT2D eigenvalue weighted by molar-refractivity contribution is 0.0822. The molecule has 1 aliphatic heterocycles. The number of hydrogen-bond donors (Lipinski definition) is 2. The molecule has 0 aromatic carbocycles. The van der Waals surface area contributed by atoms with Crippen LogP contribution in [0.3, 0.4) is 0 Å². The molecule has 0 saturated carbocycles. The van der Waals surface area contributed by atoms with Gasteiger partial charge in [-0.05, 0) is 25.2 Å². The van der Waals surface area contributed by atoms with Crippen LogP contribution in [-0.2, 0) is 4.74 Å². The van der Waals surface area contributed by atoms with Crippen molar-refractivity contribution in [3.63, 3.8) is 0 Å². The molecule has 106 valence electrons. The van der Waals surface area contributed by atoms with Crippen LogP contribution in [0.2, 0.25) is 0 Å². The van der Waals surface area contributed by atoms with Gasteiger partial charge in [-0.25, -0.2) is 0 Å². The maximum absolute atomic E-state index is 5.35. The Balaban J connectivity index is 2.09. The van der Waals surface area contributed by atoms with Gasteiger partial charge in [0.2, 0.25) is 0 Å². The van der Waals surface area contributed by atoms with Gasteiger partial charge in [-0.1, -0.05) is 26.7 Å². The van der Waals surface area contributed by atoms with Gasteiger partial charge in [0.25, 0.3) is 0 Å².